The Balaban J connectivity index is 2.30. The lowest BCUT2D eigenvalue weighted by Gasteiger charge is -2.19. The molecule has 0 aliphatic heterocycles. The van der Waals surface area contributed by atoms with Crippen molar-refractivity contribution in [3.8, 4) is 0 Å². The van der Waals surface area contributed by atoms with Gasteiger partial charge in [-0.15, -0.1) is 0 Å². The van der Waals surface area contributed by atoms with Gasteiger partial charge in [0.05, 0.1) is 22.2 Å². The van der Waals surface area contributed by atoms with Crippen LogP contribution in [0.3, 0.4) is 0 Å². The molecule has 0 unspecified atom stereocenters. The van der Waals surface area contributed by atoms with Gasteiger partial charge in [-0.05, 0) is 32.9 Å². The molecule has 1 aromatic rings. The topological polar surface area (TPSA) is 93.7 Å². The predicted octanol–water partition coefficient (Wildman–Crippen LogP) is 3.39. The van der Waals surface area contributed by atoms with E-state index in [1.807, 2.05) is 0 Å². The van der Waals surface area contributed by atoms with Crippen LogP contribution in [0.1, 0.15) is 27.2 Å². The van der Waals surface area contributed by atoms with Gasteiger partial charge < -0.3 is 20.1 Å². The van der Waals surface area contributed by atoms with E-state index >= 15 is 0 Å². The van der Waals surface area contributed by atoms with Crippen LogP contribution in [0.4, 0.5) is 10.5 Å². The van der Waals surface area contributed by atoms with Crippen LogP contribution < -0.4 is 10.6 Å². The Morgan fingerprint density at radius 2 is 1.72 bits per heavy atom. The molecule has 0 fully saturated rings. The molecule has 0 aliphatic rings. The Morgan fingerprint density at radius 1 is 1.12 bits per heavy atom. The van der Waals surface area contributed by atoms with Gasteiger partial charge in [0.1, 0.15) is 5.60 Å². The Labute approximate surface area is 155 Å². The van der Waals surface area contributed by atoms with Crippen molar-refractivity contribution >= 4 is 46.9 Å². The zero-order chi connectivity index (χ0) is 19.0. The van der Waals surface area contributed by atoms with E-state index in [2.05, 4.69) is 10.6 Å². The van der Waals surface area contributed by atoms with Gasteiger partial charge in [-0.2, -0.15) is 0 Å². The van der Waals surface area contributed by atoms with E-state index in [0.717, 1.165) is 0 Å². The van der Waals surface area contributed by atoms with Crippen molar-refractivity contribution in [2.75, 3.05) is 18.5 Å². The molecular formula is C16H20Cl2N2O5. The second-order valence-corrected chi connectivity index (χ2v) is 6.80. The van der Waals surface area contributed by atoms with Crippen molar-refractivity contribution < 1.29 is 23.9 Å². The molecule has 138 valence electrons. The number of para-hydroxylation sites is 1. The molecule has 0 saturated heterocycles. The number of esters is 1. The lowest BCUT2D eigenvalue weighted by molar-refractivity contribution is -0.147. The van der Waals surface area contributed by atoms with Gasteiger partial charge in [0.15, 0.2) is 6.61 Å². The quantitative estimate of drug-likeness (QED) is 0.725. The van der Waals surface area contributed by atoms with Gasteiger partial charge in [-0.3, -0.25) is 9.59 Å². The molecule has 1 rings (SSSR count). The molecule has 9 heteroatoms. The number of alkyl carbamates (subject to hydrolysis) is 1. The summed E-state index contributed by atoms with van der Waals surface area (Å²) in [6.07, 6.45) is -0.731. The Morgan fingerprint density at radius 3 is 2.28 bits per heavy atom. The van der Waals surface area contributed by atoms with E-state index in [-0.39, 0.29) is 28.7 Å². The summed E-state index contributed by atoms with van der Waals surface area (Å²) in [5.74, 6) is -1.22. The van der Waals surface area contributed by atoms with Crippen molar-refractivity contribution in [2.24, 2.45) is 0 Å². The Kier molecular flexibility index (Phi) is 7.99. The fraction of sp³-hybridized carbons (Fsp3) is 0.438. The van der Waals surface area contributed by atoms with Crippen LogP contribution in [0.2, 0.25) is 10.0 Å². The first-order chi connectivity index (χ1) is 11.6. The number of carbonyl (C=O) groups is 3. The summed E-state index contributed by atoms with van der Waals surface area (Å²) in [5.41, 5.74) is -0.374. The monoisotopic (exact) mass is 390 g/mol. The smallest absolute Gasteiger partial charge is 0.407 e. The number of benzene rings is 1. The van der Waals surface area contributed by atoms with Crippen LogP contribution in [0, 0.1) is 0 Å². The molecule has 1 aromatic carbocycles. The zero-order valence-corrected chi connectivity index (χ0v) is 15.7. The second-order valence-electron chi connectivity index (χ2n) is 5.98. The number of rotatable bonds is 6. The number of anilines is 1. The highest BCUT2D eigenvalue weighted by Gasteiger charge is 2.16. The molecule has 2 amide bonds. The summed E-state index contributed by atoms with van der Waals surface area (Å²) in [6, 6.07) is 4.77. The summed E-state index contributed by atoms with van der Waals surface area (Å²) in [5, 5.41) is 5.42. The number of amides is 2. The van der Waals surface area contributed by atoms with Crippen molar-refractivity contribution in [2.45, 2.75) is 32.8 Å². The maximum Gasteiger partial charge on any atom is 0.407 e. The maximum absolute atomic E-state index is 11.8. The first-order valence-corrected chi connectivity index (χ1v) is 8.20. The van der Waals surface area contributed by atoms with E-state index in [1.54, 1.807) is 39.0 Å². The van der Waals surface area contributed by atoms with Crippen molar-refractivity contribution in [1.82, 2.24) is 5.32 Å². The zero-order valence-electron chi connectivity index (χ0n) is 14.2. The number of carbonyl (C=O) groups excluding carboxylic acids is 3. The third kappa shape index (κ3) is 8.60. The standard InChI is InChI=1S/C16H20Cl2N2O5/c1-16(2,3)25-15(23)19-8-7-13(22)24-9-12(21)20-14-10(17)5-4-6-11(14)18/h4-6H,7-9H2,1-3H3,(H,19,23)(H,20,21). The highest BCUT2D eigenvalue weighted by molar-refractivity contribution is 6.39. The minimum Gasteiger partial charge on any atom is -0.456 e. The van der Waals surface area contributed by atoms with Gasteiger partial charge >= 0.3 is 12.1 Å². The van der Waals surface area contributed by atoms with Crippen LogP contribution >= 0.6 is 23.2 Å². The van der Waals surface area contributed by atoms with Crippen LogP contribution in [-0.4, -0.2) is 36.7 Å². The van der Waals surface area contributed by atoms with E-state index in [4.69, 9.17) is 32.7 Å². The summed E-state index contributed by atoms with van der Waals surface area (Å²) in [4.78, 5) is 34.7. The van der Waals surface area contributed by atoms with Gasteiger partial charge in [0.25, 0.3) is 5.91 Å². The number of hydrogen-bond donors (Lipinski definition) is 2. The molecule has 25 heavy (non-hydrogen) atoms. The summed E-state index contributed by atoms with van der Waals surface area (Å²) < 4.78 is 9.82. The van der Waals surface area contributed by atoms with Crippen molar-refractivity contribution in [3.05, 3.63) is 28.2 Å². The van der Waals surface area contributed by atoms with E-state index in [0.29, 0.717) is 0 Å². The van der Waals surface area contributed by atoms with E-state index < -0.39 is 30.2 Å². The van der Waals surface area contributed by atoms with E-state index in [1.165, 1.54) is 0 Å². The Bertz CT molecular complexity index is 624. The molecule has 2 N–H and O–H groups in total. The molecule has 0 spiro atoms. The molecule has 0 saturated carbocycles. The summed E-state index contributed by atoms with van der Waals surface area (Å²) >= 11 is 11.8. The Hall–Kier alpha value is -1.99. The minimum atomic E-state index is -0.642. The summed E-state index contributed by atoms with van der Waals surface area (Å²) in [6.45, 7) is 4.72. The molecule has 0 radical (unpaired) electrons. The lowest BCUT2D eigenvalue weighted by Crippen LogP contribution is -2.34. The number of hydrogen-bond acceptors (Lipinski definition) is 5. The van der Waals surface area contributed by atoms with Crippen molar-refractivity contribution in [3.63, 3.8) is 0 Å². The maximum atomic E-state index is 11.8. The SMILES string of the molecule is CC(C)(C)OC(=O)NCCC(=O)OCC(=O)Nc1c(Cl)cccc1Cl. The van der Waals surface area contributed by atoms with Crippen LogP contribution in [-0.2, 0) is 19.1 Å². The summed E-state index contributed by atoms with van der Waals surface area (Å²) in [7, 11) is 0. The largest absolute Gasteiger partial charge is 0.456 e. The van der Waals surface area contributed by atoms with Crippen LogP contribution in [0.15, 0.2) is 18.2 Å². The molecule has 0 aliphatic carbocycles. The molecule has 0 atom stereocenters. The average molecular weight is 391 g/mol. The first kappa shape index (κ1) is 21.1. The first-order valence-electron chi connectivity index (χ1n) is 7.45. The fourth-order valence-corrected chi connectivity index (χ4v) is 2.08. The average Bonchev–Trinajstić information content (AvgIpc) is 2.47. The third-order valence-corrected chi connectivity index (χ3v) is 3.22. The van der Waals surface area contributed by atoms with E-state index in [9.17, 15) is 14.4 Å². The second kappa shape index (κ2) is 9.48. The number of ether oxygens (including phenoxy) is 2. The number of nitrogens with one attached hydrogen (secondary N) is 2. The fourth-order valence-electron chi connectivity index (χ4n) is 1.59. The van der Waals surface area contributed by atoms with Gasteiger partial charge in [0.2, 0.25) is 0 Å². The van der Waals surface area contributed by atoms with Gasteiger partial charge in [-0.1, -0.05) is 29.3 Å². The normalized spacial score (nSPS) is 10.8. The van der Waals surface area contributed by atoms with Crippen LogP contribution in [0.25, 0.3) is 0 Å². The van der Waals surface area contributed by atoms with Gasteiger partial charge in [-0.25, -0.2) is 4.79 Å². The predicted molar refractivity (Wildman–Crippen MR) is 94.9 cm³/mol. The molecule has 0 aromatic heterocycles. The van der Waals surface area contributed by atoms with Crippen molar-refractivity contribution in [1.29, 1.82) is 0 Å². The number of halogens is 2. The van der Waals surface area contributed by atoms with Gasteiger partial charge in [0, 0.05) is 6.54 Å². The molecule has 0 bridgehead atoms. The third-order valence-electron chi connectivity index (χ3n) is 2.59. The highest BCUT2D eigenvalue weighted by atomic mass is 35.5. The minimum absolute atomic E-state index is 0.0334. The molecular weight excluding hydrogens is 371 g/mol. The van der Waals surface area contributed by atoms with Crippen LogP contribution in [0.5, 0.6) is 0 Å². The molecule has 7 nitrogen and oxygen atoms in total. The lowest BCUT2D eigenvalue weighted by atomic mass is 10.2. The molecule has 0 heterocycles. The highest BCUT2D eigenvalue weighted by Crippen LogP contribution is 2.29.